The fourth-order valence-electron chi connectivity index (χ4n) is 2.72. The maximum absolute atomic E-state index is 11.3. The van der Waals surface area contributed by atoms with E-state index >= 15 is 0 Å². The summed E-state index contributed by atoms with van der Waals surface area (Å²) in [7, 11) is -3.22. The average molecular weight is 296 g/mol. The number of rotatable bonds is 4. The van der Waals surface area contributed by atoms with E-state index in [4.69, 9.17) is 0 Å². The van der Waals surface area contributed by atoms with Crippen molar-refractivity contribution >= 4 is 21.4 Å². The van der Waals surface area contributed by atoms with Crippen LogP contribution in [0.25, 0.3) is 0 Å². The molecule has 0 atom stereocenters. The fourth-order valence-corrected chi connectivity index (χ4v) is 3.28. The predicted octanol–water partition coefficient (Wildman–Crippen LogP) is 3.58. The third kappa shape index (κ3) is 5.41. The van der Waals surface area contributed by atoms with Gasteiger partial charge in [-0.25, -0.2) is 8.42 Å². The van der Waals surface area contributed by atoms with Gasteiger partial charge < -0.3 is 5.32 Å². The zero-order chi connectivity index (χ0) is 14.4. The predicted molar refractivity (Wildman–Crippen MR) is 84.6 cm³/mol. The third-order valence-corrected chi connectivity index (χ3v) is 4.25. The average Bonchev–Trinajstić information content (AvgIpc) is 2.31. The SMILES string of the molecule is CS(=O)(=O)Nc1cccc(NC2CCCCCCC2)c1. The molecule has 0 unspecified atom stereocenters. The van der Waals surface area contributed by atoms with E-state index in [2.05, 4.69) is 10.0 Å². The van der Waals surface area contributed by atoms with Gasteiger partial charge in [0.2, 0.25) is 10.0 Å². The van der Waals surface area contributed by atoms with Crippen molar-refractivity contribution in [1.29, 1.82) is 0 Å². The smallest absolute Gasteiger partial charge is 0.229 e. The van der Waals surface area contributed by atoms with Crippen molar-refractivity contribution in [3.05, 3.63) is 24.3 Å². The highest BCUT2D eigenvalue weighted by Gasteiger charge is 2.11. The van der Waals surface area contributed by atoms with Crippen LogP contribution in [0.1, 0.15) is 44.9 Å². The third-order valence-electron chi connectivity index (χ3n) is 3.64. The Morgan fingerprint density at radius 1 is 1.00 bits per heavy atom. The Kier molecular flexibility index (Phi) is 5.29. The Hall–Kier alpha value is -1.23. The highest BCUT2D eigenvalue weighted by atomic mass is 32.2. The quantitative estimate of drug-likeness (QED) is 0.893. The van der Waals surface area contributed by atoms with Gasteiger partial charge in [0.1, 0.15) is 0 Å². The van der Waals surface area contributed by atoms with E-state index in [1.807, 2.05) is 18.2 Å². The molecule has 4 nitrogen and oxygen atoms in total. The van der Waals surface area contributed by atoms with E-state index in [1.165, 1.54) is 51.2 Å². The zero-order valence-corrected chi connectivity index (χ0v) is 12.9. The molecule has 1 aromatic rings. The van der Waals surface area contributed by atoms with Gasteiger partial charge >= 0.3 is 0 Å². The molecular weight excluding hydrogens is 272 g/mol. The summed E-state index contributed by atoms with van der Waals surface area (Å²) in [5.41, 5.74) is 1.60. The molecule has 0 aromatic heterocycles. The first-order valence-corrected chi connectivity index (χ1v) is 9.26. The van der Waals surface area contributed by atoms with Gasteiger partial charge in [-0.2, -0.15) is 0 Å². The maximum atomic E-state index is 11.3. The van der Waals surface area contributed by atoms with Crippen LogP contribution >= 0.6 is 0 Å². The summed E-state index contributed by atoms with van der Waals surface area (Å²) in [4.78, 5) is 0. The summed E-state index contributed by atoms with van der Waals surface area (Å²) < 4.78 is 25.0. The molecule has 0 bridgehead atoms. The monoisotopic (exact) mass is 296 g/mol. The Morgan fingerprint density at radius 2 is 1.60 bits per heavy atom. The van der Waals surface area contributed by atoms with Gasteiger partial charge in [-0.05, 0) is 31.0 Å². The standard InChI is InChI=1S/C15H24N2O2S/c1-20(18,19)17-15-11-7-10-14(12-15)16-13-8-5-3-2-4-6-9-13/h7,10-13,16-17H,2-6,8-9H2,1H3. The second kappa shape index (κ2) is 6.97. The van der Waals surface area contributed by atoms with Crippen LogP contribution in [0.15, 0.2) is 24.3 Å². The largest absolute Gasteiger partial charge is 0.382 e. The van der Waals surface area contributed by atoms with Gasteiger partial charge in [-0.1, -0.05) is 38.2 Å². The molecule has 2 rings (SSSR count). The summed E-state index contributed by atoms with van der Waals surface area (Å²) in [6, 6.07) is 8.00. The van der Waals surface area contributed by atoms with E-state index in [0.717, 1.165) is 5.69 Å². The molecule has 1 aromatic carbocycles. The molecular formula is C15H24N2O2S. The number of hydrogen-bond donors (Lipinski definition) is 2. The van der Waals surface area contributed by atoms with Crippen molar-refractivity contribution in [1.82, 2.24) is 0 Å². The minimum absolute atomic E-state index is 0.504. The lowest BCUT2D eigenvalue weighted by Crippen LogP contribution is -2.20. The highest BCUT2D eigenvalue weighted by Crippen LogP contribution is 2.22. The Bertz CT molecular complexity index is 520. The van der Waals surface area contributed by atoms with Gasteiger partial charge in [0.05, 0.1) is 11.9 Å². The summed E-state index contributed by atoms with van der Waals surface area (Å²) in [5, 5.41) is 3.54. The first-order valence-electron chi connectivity index (χ1n) is 7.37. The first kappa shape index (κ1) is 15.2. The lowest BCUT2D eigenvalue weighted by Gasteiger charge is -2.22. The van der Waals surface area contributed by atoms with E-state index in [1.54, 1.807) is 6.07 Å². The Morgan fingerprint density at radius 3 is 2.25 bits per heavy atom. The van der Waals surface area contributed by atoms with Crippen LogP contribution in [0.4, 0.5) is 11.4 Å². The van der Waals surface area contributed by atoms with Crippen LogP contribution < -0.4 is 10.0 Å². The maximum Gasteiger partial charge on any atom is 0.229 e. The minimum atomic E-state index is -3.22. The molecule has 0 spiro atoms. The molecule has 1 aliphatic carbocycles. The molecule has 0 amide bonds. The van der Waals surface area contributed by atoms with Crippen molar-refractivity contribution in [3.8, 4) is 0 Å². The normalized spacial score (nSPS) is 18.1. The first-order chi connectivity index (χ1) is 9.53. The highest BCUT2D eigenvalue weighted by molar-refractivity contribution is 7.92. The molecule has 0 radical (unpaired) electrons. The molecule has 0 aliphatic heterocycles. The van der Waals surface area contributed by atoms with Crippen LogP contribution in [0.5, 0.6) is 0 Å². The molecule has 0 saturated heterocycles. The van der Waals surface area contributed by atoms with Gasteiger partial charge in [-0.3, -0.25) is 4.72 Å². The number of anilines is 2. The number of hydrogen-bond acceptors (Lipinski definition) is 3. The molecule has 1 fully saturated rings. The number of benzene rings is 1. The van der Waals surface area contributed by atoms with Gasteiger partial charge in [-0.15, -0.1) is 0 Å². The van der Waals surface area contributed by atoms with E-state index in [-0.39, 0.29) is 0 Å². The summed E-state index contributed by atoms with van der Waals surface area (Å²) in [6.45, 7) is 0. The van der Waals surface area contributed by atoms with Gasteiger partial charge in [0, 0.05) is 11.7 Å². The molecule has 1 aliphatic rings. The summed E-state index contributed by atoms with van der Waals surface area (Å²) in [6.07, 6.45) is 10.1. The van der Waals surface area contributed by atoms with Crippen molar-refractivity contribution in [2.24, 2.45) is 0 Å². The van der Waals surface area contributed by atoms with E-state index < -0.39 is 10.0 Å². The van der Waals surface area contributed by atoms with Gasteiger partial charge in [0.25, 0.3) is 0 Å². The number of sulfonamides is 1. The molecule has 5 heteroatoms. The van der Waals surface area contributed by atoms with Crippen LogP contribution in [-0.2, 0) is 10.0 Å². The lowest BCUT2D eigenvalue weighted by molar-refractivity contribution is 0.471. The fraction of sp³-hybridized carbons (Fsp3) is 0.600. The Labute approximate surface area is 122 Å². The molecule has 20 heavy (non-hydrogen) atoms. The molecule has 2 N–H and O–H groups in total. The number of nitrogens with one attached hydrogen (secondary N) is 2. The topological polar surface area (TPSA) is 58.2 Å². The minimum Gasteiger partial charge on any atom is -0.382 e. The second-order valence-corrected chi connectivity index (χ2v) is 7.39. The van der Waals surface area contributed by atoms with Crippen LogP contribution in [0, 0.1) is 0 Å². The summed E-state index contributed by atoms with van der Waals surface area (Å²) >= 11 is 0. The summed E-state index contributed by atoms with van der Waals surface area (Å²) in [5.74, 6) is 0. The molecule has 112 valence electrons. The molecule has 0 heterocycles. The van der Waals surface area contributed by atoms with Crippen LogP contribution in [0.3, 0.4) is 0 Å². The second-order valence-electron chi connectivity index (χ2n) is 5.64. The van der Waals surface area contributed by atoms with Crippen LogP contribution in [0.2, 0.25) is 0 Å². The lowest BCUT2D eigenvalue weighted by atomic mass is 9.96. The van der Waals surface area contributed by atoms with Crippen molar-refractivity contribution in [3.63, 3.8) is 0 Å². The van der Waals surface area contributed by atoms with E-state index in [0.29, 0.717) is 11.7 Å². The molecule has 1 saturated carbocycles. The van der Waals surface area contributed by atoms with Crippen molar-refractivity contribution < 1.29 is 8.42 Å². The Balaban J connectivity index is 1.99. The zero-order valence-electron chi connectivity index (χ0n) is 12.1. The van der Waals surface area contributed by atoms with Gasteiger partial charge in [0.15, 0.2) is 0 Å². The van der Waals surface area contributed by atoms with Crippen molar-refractivity contribution in [2.45, 2.75) is 51.0 Å². The van der Waals surface area contributed by atoms with E-state index in [9.17, 15) is 8.42 Å². The van der Waals surface area contributed by atoms with Crippen LogP contribution in [-0.4, -0.2) is 20.7 Å². The van der Waals surface area contributed by atoms with Crippen molar-refractivity contribution in [2.75, 3.05) is 16.3 Å².